The number of benzene rings is 3. The molecule has 0 N–H and O–H groups in total. The van der Waals surface area contributed by atoms with Gasteiger partial charge in [0.15, 0.2) is 0 Å². The first-order valence-corrected chi connectivity index (χ1v) is 15.2. The van der Waals surface area contributed by atoms with Crippen LogP contribution in [-0.2, 0) is 0 Å². The van der Waals surface area contributed by atoms with Gasteiger partial charge >= 0.3 is 213 Å². The SMILES string of the molecule is CCCCCCCCCC[PH](Oc1ccccc1C)(Oc1ccccc1C)Oc1ccccc1C. The molecule has 0 saturated carbocycles. The summed E-state index contributed by atoms with van der Waals surface area (Å²) in [6, 6.07) is 24.4. The number of para-hydroxylation sites is 3. The van der Waals surface area contributed by atoms with Crippen LogP contribution in [0.25, 0.3) is 0 Å². The monoisotopic (exact) mass is 494 g/mol. The van der Waals surface area contributed by atoms with E-state index in [0.29, 0.717) is 0 Å². The minimum absolute atomic E-state index is 0.763. The molecule has 0 aliphatic heterocycles. The molecule has 3 nitrogen and oxygen atoms in total. The molecule has 0 atom stereocenters. The van der Waals surface area contributed by atoms with Crippen molar-refractivity contribution in [2.45, 2.75) is 79.1 Å². The van der Waals surface area contributed by atoms with Gasteiger partial charge in [-0.15, -0.1) is 0 Å². The maximum atomic E-state index is 6.80. The van der Waals surface area contributed by atoms with Crippen molar-refractivity contribution in [2.24, 2.45) is 0 Å². The Balaban J connectivity index is 1.86. The van der Waals surface area contributed by atoms with Crippen LogP contribution < -0.4 is 13.6 Å². The van der Waals surface area contributed by atoms with Crippen molar-refractivity contribution < 1.29 is 13.6 Å². The van der Waals surface area contributed by atoms with Crippen molar-refractivity contribution in [1.29, 1.82) is 0 Å². The average Bonchev–Trinajstić information content (AvgIpc) is 2.85. The third-order valence-electron chi connectivity index (χ3n) is 6.41. The van der Waals surface area contributed by atoms with Gasteiger partial charge in [0.25, 0.3) is 0 Å². The van der Waals surface area contributed by atoms with Crippen molar-refractivity contribution in [3.63, 3.8) is 0 Å². The fourth-order valence-corrected chi connectivity index (χ4v) is 7.01. The average molecular weight is 495 g/mol. The van der Waals surface area contributed by atoms with Crippen LogP contribution in [0.4, 0.5) is 0 Å². The van der Waals surface area contributed by atoms with Crippen LogP contribution >= 0.6 is 7.94 Å². The van der Waals surface area contributed by atoms with E-state index in [1.54, 1.807) is 0 Å². The molecule has 0 spiro atoms. The van der Waals surface area contributed by atoms with E-state index in [-0.39, 0.29) is 0 Å². The van der Waals surface area contributed by atoms with E-state index in [1.807, 2.05) is 54.6 Å². The van der Waals surface area contributed by atoms with E-state index in [9.17, 15) is 0 Å². The predicted octanol–water partition coefficient (Wildman–Crippen LogP) is 9.78. The Hall–Kier alpha value is -2.51. The van der Waals surface area contributed by atoms with Crippen LogP contribution in [0.2, 0.25) is 0 Å². The molecule has 0 aliphatic carbocycles. The summed E-state index contributed by atoms with van der Waals surface area (Å²) in [4.78, 5) is 0. The molecule has 0 heterocycles. The van der Waals surface area contributed by atoms with Crippen LogP contribution in [0.15, 0.2) is 72.8 Å². The molecule has 0 radical (unpaired) electrons. The molecule has 190 valence electrons. The summed E-state index contributed by atoms with van der Waals surface area (Å²) in [5, 5.41) is 0. The summed E-state index contributed by atoms with van der Waals surface area (Å²) in [7, 11) is -3.19. The zero-order valence-corrected chi connectivity index (χ0v) is 23.0. The normalized spacial score (nSPS) is 11.8. The van der Waals surface area contributed by atoms with Gasteiger partial charge < -0.3 is 0 Å². The molecule has 3 aromatic carbocycles. The van der Waals surface area contributed by atoms with Crippen LogP contribution in [0.5, 0.6) is 17.2 Å². The minimum atomic E-state index is -3.19. The summed E-state index contributed by atoms with van der Waals surface area (Å²) in [6.07, 6.45) is 10.8. The molecule has 3 rings (SSSR count). The molecule has 4 heteroatoms. The van der Waals surface area contributed by atoms with Gasteiger partial charge in [-0.3, -0.25) is 0 Å². The second-order valence-electron chi connectivity index (χ2n) is 9.51. The molecule has 35 heavy (non-hydrogen) atoms. The Kier molecular flexibility index (Phi) is 10.9. The van der Waals surface area contributed by atoms with E-state index in [1.165, 1.54) is 38.5 Å². The van der Waals surface area contributed by atoms with Crippen molar-refractivity contribution in [3.05, 3.63) is 89.5 Å². The van der Waals surface area contributed by atoms with Crippen LogP contribution in [0, 0.1) is 20.8 Å². The zero-order chi connectivity index (χ0) is 24.9. The molecule has 3 aromatic rings. The predicted molar refractivity (Wildman–Crippen MR) is 151 cm³/mol. The molecular weight excluding hydrogens is 451 g/mol. The topological polar surface area (TPSA) is 27.7 Å². The van der Waals surface area contributed by atoms with Crippen LogP contribution in [-0.4, -0.2) is 6.16 Å². The van der Waals surface area contributed by atoms with Gasteiger partial charge in [-0.2, -0.15) is 0 Å². The zero-order valence-electron chi connectivity index (χ0n) is 22.0. The van der Waals surface area contributed by atoms with E-state index < -0.39 is 7.94 Å². The maximum absolute atomic E-state index is 6.80. The molecule has 0 saturated heterocycles. The second kappa shape index (κ2) is 14.1. The summed E-state index contributed by atoms with van der Waals surface area (Å²) in [5.41, 5.74) is 3.26. The van der Waals surface area contributed by atoms with E-state index >= 15 is 0 Å². The molecule has 0 aromatic heterocycles. The van der Waals surface area contributed by atoms with E-state index in [2.05, 4.69) is 45.9 Å². The fourth-order valence-electron chi connectivity index (χ4n) is 4.21. The van der Waals surface area contributed by atoms with Gasteiger partial charge in [0, 0.05) is 0 Å². The first kappa shape index (κ1) is 27.1. The summed E-state index contributed by atoms with van der Waals surface area (Å²) in [6.45, 7) is 8.49. The molecule has 0 fully saturated rings. The van der Waals surface area contributed by atoms with Gasteiger partial charge in [0.2, 0.25) is 0 Å². The van der Waals surface area contributed by atoms with Crippen molar-refractivity contribution in [3.8, 4) is 17.2 Å². The fraction of sp³-hybridized carbons (Fsp3) is 0.419. The Labute approximate surface area is 213 Å². The summed E-state index contributed by atoms with van der Waals surface area (Å²) >= 11 is 0. The Morgan fingerprint density at radius 3 is 1.20 bits per heavy atom. The number of hydrogen-bond donors (Lipinski definition) is 0. The van der Waals surface area contributed by atoms with Crippen molar-refractivity contribution >= 4 is 7.94 Å². The molecule has 0 aliphatic rings. The number of hydrogen-bond acceptors (Lipinski definition) is 3. The summed E-state index contributed by atoms with van der Waals surface area (Å²) < 4.78 is 20.4. The van der Waals surface area contributed by atoms with E-state index in [4.69, 9.17) is 13.6 Å². The number of rotatable bonds is 15. The van der Waals surface area contributed by atoms with Crippen LogP contribution in [0.3, 0.4) is 0 Å². The van der Waals surface area contributed by atoms with Gasteiger partial charge in [0.1, 0.15) is 0 Å². The van der Waals surface area contributed by atoms with Gasteiger partial charge in [-0.1, -0.05) is 0 Å². The summed E-state index contributed by atoms with van der Waals surface area (Å²) in [5.74, 6) is 2.50. The third-order valence-corrected chi connectivity index (χ3v) is 8.97. The first-order chi connectivity index (χ1) is 17.0. The van der Waals surface area contributed by atoms with Crippen molar-refractivity contribution in [1.82, 2.24) is 0 Å². The van der Waals surface area contributed by atoms with Gasteiger partial charge in [0.05, 0.1) is 0 Å². The Morgan fingerprint density at radius 1 is 0.486 bits per heavy atom. The molecular formula is C31H43O3P. The van der Waals surface area contributed by atoms with Crippen LogP contribution in [0.1, 0.15) is 75.0 Å². The van der Waals surface area contributed by atoms with Crippen molar-refractivity contribution in [2.75, 3.05) is 6.16 Å². The molecule has 0 unspecified atom stereocenters. The Bertz CT molecular complexity index is 917. The molecule has 0 amide bonds. The quantitative estimate of drug-likeness (QED) is 0.155. The number of aryl methyl sites for hydroxylation is 3. The number of unbranched alkanes of at least 4 members (excludes halogenated alkanes) is 7. The standard InChI is InChI=1S/C31H43O3P/c1-5-6-7-8-9-10-11-18-25-35(32-29-22-15-12-19-26(29)2,33-30-23-16-13-20-27(30)3)34-31-24-17-14-21-28(31)4/h12-17,19-24,35H,5-11,18,25H2,1-4H3. The first-order valence-electron chi connectivity index (χ1n) is 13.3. The molecule has 0 bridgehead atoms. The Morgan fingerprint density at radius 2 is 0.829 bits per heavy atom. The van der Waals surface area contributed by atoms with Gasteiger partial charge in [-0.05, 0) is 0 Å². The van der Waals surface area contributed by atoms with Gasteiger partial charge in [-0.25, -0.2) is 0 Å². The second-order valence-corrected chi connectivity index (χ2v) is 12.0. The third kappa shape index (κ3) is 8.58. The van der Waals surface area contributed by atoms with E-state index in [0.717, 1.165) is 52.9 Å².